The maximum atomic E-state index is 12.6. The topological polar surface area (TPSA) is 69.0 Å². The molecule has 30 heavy (non-hydrogen) atoms. The lowest BCUT2D eigenvalue weighted by Crippen LogP contribution is -2.18. The van der Waals surface area contributed by atoms with E-state index in [-0.39, 0.29) is 12.0 Å². The molecule has 0 saturated carbocycles. The first kappa shape index (κ1) is 21.1. The number of benzene rings is 1. The number of hydrogen-bond donors (Lipinski definition) is 1. The molecule has 1 aliphatic rings. The van der Waals surface area contributed by atoms with Crippen molar-refractivity contribution in [1.29, 1.82) is 0 Å². The van der Waals surface area contributed by atoms with Crippen molar-refractivity contribution in [2.45, 2.75) is 51.4 Å². The lowest BCUT2D eigenvalue weighted by atomic mass is 10.1. The lowest BCUT2D eigenvalue weighted by Gasteiger charge is -2.14. The average molecular weight is 443 g/mol. The van der Waals surface area contributed by atoms with E-state index in [0.717, 1.165) is 64.5 Å². The van der Waals surface area contributed by atoms with Crippen LogP contribution in [0.3, 0.4) is 0 Å². The molecular formula is C22H26N4O2S2. The highest BCUT2D eigenvalue weighted by Gasteiger charge is 2.20. The number of thioether (sulfide) groups is 1. The molecule has 0 unspecified atom stereocenters. The zero-order valence-corrected chi connectivity index (χ0v) is 19.1. The minimum Gasteiger partial charge on any atom is -0.376 e. The van der Waals surface area contributed by atoms with E-state index in [4.69, 9.17) is 4.74 Å². The van der Waals surface area contributed by atoms with Crippen LogP contribution in [0.15, 0.2) is 34.8 Å². The van der Waals surface area contributed by atoms with Gasteiger partial charge in [-0.2, -0.15) is 0 Å². The predicted molar refractivity (Wildman–Crippen MR) is 122 cm³/mol. The molecule has 0 bridgehead atoms. The van der Waals surface area contributed by atoms with Crippen LogP contribution in [-0.4, -0.2) is 38.9 Å². The van der Waals surface area contributed by atoms with Crippen LogP contribution >= 0.6 is 23.1 Å². The van der Waals surface area contributed by atoms with Crippen LogP contribution in [0.4, 0.5) is 5.69 Å². The Morgan fingerprint density at radius 3 is 2.93 bits per heavy atom. The Morgan fingerprint density at radius 1 is 1.33 bits per heavy atom. The van der Waals surface area contributed by atoms with Gasteiger partial charge in [-0.25, -0.2) is 9.97 Å². The van der Waals surface area contributed by atoms with Crippen molar-refractivity contribution >= 4 is 34.7 Å². The number of rotatable bonds is 7. The second kappa shape index (κ2) is 9.32. The van der Waals surface area contributed by atoms with Gasteiger partial charge in [-0.15, -0.1) is 11.3 Å². The maximum Gasteiger partial charge on any atom is 0.234 e. The van der Waals surface area contributed by atoms with Crippen molar-refractivity contribution in [2.75, 3.05) is 17.7 Å². The van der Waals surface area contributed by atoms with E-state index in [2.05, 4.69) is 26.8 Å². The van der Waals surface area contributed by atoms with Gasteiger partial charge < -0.3 is 14.6 Å². The highest BCUT2D eigenvalue weighted by molar-refractivity contribution is 7.99. The molecule has 1 fully saturated rings. The molecule has 1 atom stereocenters. The minimum absolute atomic E-state index is 0.0476. The number of ether oxygens (including phenoxy) is 1. The summed E-state index contributed by atoms with van der Waals surface area (Å²) in [5.74, 6) is 0.259. The van der Waals surface area contributed by atoms with Crippen molar-refractivity contribution in [3.8, 4) is 11.3 Å². The Kier molecular flexibility index (Phi) is 6.55. The van der Waals surface area contributed by atoms with Gasteiger partial charge in [0.15, 0.2) is 5.16 Å². The Labute approximate surface area is 185 Å². The lowest BCUT2D eigenvalue weighted by molar-refractivity contribution is -0.113. The van der Waals surface area contributed by atoms with E-state index in [0.29, 0.717) is 5.75 Å². The molecule has 2 aromatic heterocycles. The summed E-state index contributed by atoms with van der Waals surface area (Å²) >= 11 is 3.09. The summed E-state index contributed by atoms with van der Waals surface area (Å²) < 4.78 is 7.98. The van der Waals surface area contributed by atoms with Crippen molar-refractivity contribution in [3.63, 3.8) is 0 Å². The van der Waals surface area contributed by atoms with Crippen molar-refractivity contribution in [1.82, 2.24) is 14.5 Å². The smallest absolute Gasteiger partial charge is 0.234 e. The Morgan fingerprint density at radius 2 is 2.20 bits per heavy atom. The van der Waals surface area contributed by atoms with Gasteiger partial charge in [0.25, 0.3) is 0 Å². The Balaban J connectivity index is 1.39. The fraction of sp³-hybridized carbons (Fsp3) is 0.409. The molecule has 1 amide bonds. The van der Waals surface area contributed by atoms with E-state index >= 15 is 0 Å². The van der Waals surface area contributed by atoms with Crippen molar-refractivity contribution < 1.29 is 9.53 Å². The van der Waals surface area contributed by atoms with Crippen LogP contribution in [0.2, 0.25) is 0 Å². The number of hydrogen-bond acceptors (Lipinski definition) is 6. The molecule has 0 radical (unpaired) electrons. The fourth-order valence-electron chi connectivity index (χ4n) is 3.52. The SMILES string of the molecule is Cc1nc(-c2cccc(NC(=O)CSc3nc(C)c(C)n3C[C@H]3CCCO3)c2)cs1. The second-order valence-electron chi connectivity index (χ2n) is 7.48. The van der Waals surface area contributed by atoms with Gasteiger partial charge in [0, 0.05) is 28.9 Å². The summed E-state index contributed by atoms with van der Waals surface area (Å²) in [5.41, 5.74) is 4.86. The number of nitrogens with zero attached hydrogens (tertiary/aromatic N) is 3. The van der Waals surface area contributed by atoms with Gasteiger partial charge in [-0.05, 0) is 45.7 Å². The molecule has 8 heteroatoms. The zero-order chi connectivity index (χ0) is 21.1. The summed E-state index contributed by atoms with van der Waals surface area (Å²) in [7, 11) is 0. The number of aromatic nitrogens is 3. The molecule has 1 N–H and O–H groups in total. The first-order valence-electron chi connectivity index (χ1n) is 10.1. The third kappa shape index (κ3) is 4.94. The molecule has 1 aromatic carbocycles. The number of aryl methyl sites for hydroxylation is 2. The summed E-state index contributed by atoms with van der Waals surface area (Å²) in [5, 5.41) is 6.93. The van der Waals surface area contributed by atoms with Gasteiger partial charge in [-0.3, -0.25) is 4.79 Å². The van der Waals surface area contributed by atoms with E-state index in [1.807, 2.05) is 43.5 Å². The number of anilines is 1. The summed E-state index contributed by atoms with van der Waals surface area (Å²) in [6.07, 6.45) is 2.43. The summed E-state index contributed by atoms with van der Waals surface area (Å²) in [6.45, 7) is 7.71. The van der Waals surface area contributed by atoms with Crippen LogP contribution in [-0.2, 0) is 16.1 Å². The third-order valence-electron chi connectivity index (χ3n) is 5.23. The fourth-order valence-corrected chi connectivity index (χ4v) is 5.04. The number of nitrogens with one attached hydrogen (secondary N) is 1. The second-order valence-corrected chi connectivity index (χ2v) is 9.48. The van der Waals surface area contributed by atoms with Crippen LogP contribution in [0.1, 0.15) is 29.2 Å². The van der Waals surface area contributed by atoms with Gasteiger partial charge in [0.1, 0.15) is 0 Å². The molecule has 1 saturated heterocycles. The van der Waals surface area contributed by atoms with Gasteiger partial charge in [0.2, 0.25) is 5.91 Å². The van der Waals surface area contributed by atoms with E-state index < -0.39 is 0 Å². The molecule has 0 spiro atoms. The normalized spacial score (nSPS) is 16.2. The molecule has 158 valence electrons. The Bertz CT molecular complexity index is 1040. The zero-order valence-electron chi connectivity index (χ0n) is 17.5. The van der Waals surface area contributed by atoms with Gasteiger partial charge in [0.05, 0.1) is 34.8 Å². The van der Waals surface area contributed by atoms with Crippen LogP contribution < -0.4 is 5.32 Å². The highest BCUT2D eigenvalue weighted by Crippen LogP contribution is 2.26. The average Bonchev–Trinajstić information content (AvgIpc) is 3.45. The molecule has 4 rings (SSSR count). The van der Waals surface area contributed by atoms with E-state index in [1.165, 1.54) is 11.8 Å². The number of amides is 1. The molecule has 3 aromatic rings. The molecule has 6 nitrogen and oxygen atoms in total. The van der Waals surface area contributed by atoms with E-state index in [9.17, 15) is 4.79 Å². The quantitative estimate of drug-likeness (QED) is 0.530. The summed E-state index contributed by atoms with van der Waals surface area (Å²) in [4.78, 5) is 21.8. The van der Waals surface area contributed by atoms with Crippen LogP contribution in [0.25, 0.3) is 11.3 Å². The van der Waals surface area contributed by atoms with Crippen molar-refractivity contribution in [2.24, 2.45) is 0 Å². The number of imidazole rings is 1. The van der Waals surface area contributed by atoms with Crippen LogP contribution in [0, 0.1) is 20.8 Å². The largest absolute Gasteiger partial charge is 0.376 e. The van der Waals surface area contributed by atoms with E-state index in [1.54, 1.807) is 11.3 Å². The number of carbonyl (C=O) groups excluding carboxylic acids is 1. The Hall–Kier alpha value is -2.16. The molecule has 1 aliphatic heterocycles. The first-order chi connectivity index (χ1) is 14.5. The molecule has 3 heterocycles. The molecular weight excluding hydrogens is 416 g/mol. The minimum atomic E-state index is -0.0476. The monoisotopic (exact) mass is 442 g/mol. The maximum absolute atomic E-state index is 12.6. The first-order valence-corrected chi connectivity index (χ1v) is 12.0. The predicted octanol–water partition coefficient (Wildman–Crippen LogP) is 4.84. The van der Waals surface area contributed by atoms with Gasteiger partial charge in [-0.1, -0.05) is 23.9 Å². The highest BCUT2D eigenvalue weighted by atomic mass is 32.2. The van der Waals surface area contributed by atoms with Crippen molar-refractivity contribution in [3.05, 3.63) is 46.0 Å². The number of carbonyl (C=O) groups is 1. The molecule has 0 aliphatic carbocycles. The number of thiazole rings is 1. The third-order valence-corrected chi connectivity index (χ3v) is 6.98. The van der Waals surface area contributed by atoms with Gasteiger partial charge >= 0.3 is 0 Å². The van der Waals surface area contributed by atoms with Crippen LogP contribution in [0.5, 0.6) is 0 Å². The standard InChI is InChI=1S/C22H26N4O2S2/c1-14-15(2)26(11-19-8-5-9-28-19)22(23-14)30-13-21(27)25-18-7-4-6-17(10-18)20-12-29-16(3)24-20/h4,6-7,10,12,19H,5,8-9,11,13H2,1-3H3,(H,25,27)/t19-/m1/s1. The summed E-state index contributed by atoms with van der Waals surface area (Å²) in [6, 6.07) is 7.81.